The zero-order valence-electron chi connectivity index (χ0n) is 9.11. The summed E-state index contributed by atoms with van der Waals surface area (Å²) in [4.78, 5) is 0. The Morgan fingerprint density at radius 1 is 1.40 bits per heavy atom. The van der Waals surface area contributed by atoms with Crippen molar-refractivity contribution in [1.82, 2.24) is 0 Å². The van der Waals surface area contributed by atoms with Crippen molar-refractivity contribution in [2.75, 3.05) is 6.61 Å². The fourth-order valence-corrected chi connectivity index (χ4v) is 1.30. The molecule has 0 fully saturated rings. The molecule has 0 aliphatic carbocycles. The van der Waals surface area contributed by atoms with E-state index < -0.39 is 6.10 Å². The molecule has 0 saturated heterocycles. The van der Waals surface area contributed by atoms with Crippen molar-refractivity contribution < 1.29 is 14.2 Å². The monoisotopic (exact) mass is 212 g/mol. The fraction of sp³-hybridized carbons (Fsp3) is 0.500. The van der Waals surface area contributed by atoms with E-state index in [2.05, 4.69) is 0 Å². The van der Waals surface area contributed by atoms with Crippen molar-refractivity contribution in [2.45, 2.75) is 32.5 Å². The molecule has 0 spiro atoms. The van der Waals surface area contributed by atoms with Crippen molar-refractivity contribution >= 4 is 0 Å². The molecule has 1 N–H and O–H groups in total. The highest BCUT2D eigenvalue weighted by atomic mass is 19.1. The molecule has 0 radical (unpaired) electrons. The zero-order chi connectivity index (χ0) is 11.3. The largest absolute Gasteiger partial charge is 0.388 e. The summed E-state index contributed by atoms with van der Waals surface area (Å²) in [6.07, 6.45) is -0.00842. The Labute approximate surface area is 89.7 Å². The van der Waals surface area contributed by atoms with E-state index in [1.165, 1.54) is 12.1 Å². The molecule has 15 heavy (non-hydrogen) atoms. The van der Waals surface area contributed by atoms with Crippen LogP contribution >= 0.6 is 0 Å². The van der Waals surface area contributed by atoms with E-state index >= 15 is 0 Å². The number of aliphatic hydroxyl groups is 1. The van der Waals surface area contributed by atoms with Crippen LogP contribution in [0, 0.1) is 5.82 Å². The highest BCUT2D eigenvalue weighted by Gasteiger charge is 2.08. The average Bonchev–Trinajstić information content (AvgIpc) is 2.17. The highest BCUT2D eigenvalue weighted by Crippen LogP contribution is 2.17. The SMILES string of the molecule is CC(C)OCCC(O)c1cccc(F)c1. The van der Waals surface area contributed by atoms with E-state index in [4.69, 9.17) is 4.74 Å². The van der Waals surface area contributed by atoms with Crippen LogP contribution in [0.3, 0.4) is 0 Å². The van der Waals surface area contributed by atoms with Crippen LogP contribution in [-0.2, 0) is 4.74 Å². The van der Waals surface area contributed by atoms with Gasteiger partial charge >= 0.3 is 0 Å². The third kappa shape index (κ3) is 4.40. The predicted molar refractivity (Wildman–Crippen MR) is 57.1 cm³/mol. The summed E-state index contributed by atoms with van der Waals surface area (Å²) >= 11 is 0. The minimum Gasteiger partial charge on any atom is -0.388 e. The Balaban J connectivity index is 2.43. The van der Waals surface area contributed by atoms with Gasteiger partial charge in [0.05, 0.1) is 12.2 Å². The molecular weight excluding hydrogens is 195 g/mol. The number of benzene rings is 1. The van der Waals surface area contributed by atoms with Crippen LogP contribution in [0.1, 0.15) is 31.9 Å². The summed E-state index contributed by atoms with van der Waals surface area (Å²) < 4.78 is 18.1. The molecule has 0 saturated carbocycles. The van der Waals surface area contributed by atoms with Crippen molar-refractivity contribution in [2.24, 2.45) is 0 Å². The standard InChI is InChI=1S/C12H17FO2/c1-9(2)15-7-6-12(14)10-4-3-5-11(13)8-10/h3-5,8-9,12,14H,6-7H2,1-2H3. The Kier molecular flexibility index (Phi) is 4.72. The van der Waals surface area contributed by atoms with Crippen LogP contribution in [0.15, 0.2) is 24.3 Å². The maximum atomic E-state index is 12.8. The molecule has 0 aliphatic heterocycles. The average molecular weight is 212 g/mol. The van der Waals surface area contributed by atoms with E-state index in [0.29, 0.717) is 18.6 Å². The minimum absolute atomic E-state index is 0.157. The first-order chi connectivity index (χ1) is 7.09. The molecule has 84 valence electrons. The van der Waals surface area contributed by atoms with Crippen molar-refractivity contribution in [1.29, 1.82) is 0 Å². The van der Waals surface area contributed by atoms with Gasteiger partial charge in [-0.05, 0) is 31.5 Å². The summed E-state index contributed by atoms with van der Waals surface area (Å²) in [7, 11) is 0. The summed E-state index contributed by atoms with van der Waals surface area (Å²) in [5.41, 5.74) is 0.599. The number of ether oxygens (including phenoxy) is 1. The van der Waals surface area contributed by atoms with Gasteiger partial charge < -0.3 is 9.84 Å². The van der Waals surface area contributed by atoms with Crippen LogP contribution in [0.25, 0.3) is 0 Å². The second-order valence-corrected chi connectivity index (χ2v) is 3.78. The van der Waals surface area contributed by atoms with Crippen LogP contribution in [-0.4, -0.2) is 17.8 Å². The summed E-state index contributed by atoms with van der Waals surface area (Å²) in [6.45, 7) is 4.36. The van der Waals surface area contributed by atoms with Crippen molar-refractivity contribution in [3.8, 4) is 0 Å². The molecule has 1 aromatic rings. The maximum absolute atomic E-state index is 12.8. The number of rotatable bonds is 5. The normalized spacial score (nSPS) is 13.1. The second kappa shape index (κ2) is 5.83. The van der Waals surface area contributed by atoms with Crippen LogP contribution < -0.4 is 0 Å². The number of hydrogen-bond donors (Lipinski definition) is 1. The van der Waals surface area contributed by atoms with Crippen molar-refractivity contribution in [3.05, 3.63) is 35.6 Å². The molecule has 0 amide bonds. The Morgan fingerprint density at radius 3 is 2.73 bits per heavy atom. The topological polar surface area (TPSA) is 29.5 Å². The van der Waals surface area contributed by atoms with E-state index in [1.54, 1.807) is 12.1 Å². The van der Waals surface area contributed by atoms with Gasteiger partial charge in [0.2, 0.25) is 0 Å². The van der Waals surface area contributed by atoms with Gasteiger partial charge in [0.15, 0.2) is 0 Å². The maximum Gasteiger partial charge on any atom is 0.123 e. The van der Waals surface area contributed by atoms with E-state index in [-0.39, 0.29) is 11.9 Å². The molecule has 3 heteroatoms. The third-order valence-electron chi connectivity index (χ3n) is 2.08. The Hall–Kier alpha value is -0.930. The van der Waals surface area contributed by atoms with Gasteiger partial charge in [-0.1, -0.05) is 12.1 Å². The summed E-state index contributed by atoms with van der Waals surface area (Å²) in [5.74, 6) is -0.323. The van der Waals surface area contributed by atoms with E-state index in [1.807, 2.05) is 13.8 Å². The van der Waals surface area contributed by atoms with Crippen molar-refractivity contribution in [3.63, 3.8) is 0 Å². The first-order valence-electron chi connectivity index (χ1n) is 5.14. The molecule has 1 atom stereocenters. The first kappa shape index (κ1) is 12.1. The molecule has 0 bridgehead atoms. The first-order valence-corrected chi connectivity index (χ1v) is 5.14. The molecule has 0 aliphatic rings. The smallest absolute Gasteiger partial charge is 0.123 e. The van der Waals surface area contributed by atoms with Gasteiger partial charge in [-0.2, -0.15) is 0 Å². The lowest BCUT2D eigenvalue weighted by atomic mass is 10.1. The predicted octanol–water partition coefficient (Wildman–Crippen LogP) is 2.67. The summed E-state index contributed by atoms with van der Waals surface area (Å²) in [5, 5.41) is 9.71. The van der Waals surface area contributed by atoms with Gasteiger partial charge in [0.25, 0.3) is 0 Å². The van der Waals surface area contributed by atoms with Gasteiger partial charge in [-0.3, -0.25) is 0 Å². The quantitative estimate of drug-likeness (QED) is 0.813. The number of halogens is 1. The van der Waals surface area contributed by atoms with Gasteiger partial charge in [-0.15, -0.1) is 0 Å². The molecular formula is C12H17FO2. The molecule has 1 unspecified atom stereocenters. The zero-order valence-corrected chi connectivity index (χ0v) is 9.11. The Morgan fingerprint density at radius 2 is 2.13 bits per heavy atom. The van der Waals surface area contributed by atoms with Crippen LogP contribution in [0.4, 0.5) is 4.39 Å². The minimum atomic E-state index is -0.653. The highest BCUT2D eigenvalue weighted by molar-refractivity contribution is 5.18. The lowest BCUT2D eigenvalue weighted by Crippen LogP contribution is -2.08. The van der Waals surface area contributed by atoms with Gasteiger partial charge in [0.1, 0.15) is 5.82 Å². The molecule has 0 heterocycles. The second-order valence-electron chi connectivity index (χ2n) is 3.78. The lowest BCUT2D eigenvalue weighted by Gasteiger charge is -2.12. The molecule has 1 aromatic carbocycles. The fourth-order valence-electron chi connectivity index (χ4n) is 1.30. The number of hydrogen-bond acceptors (Lipinski definition) is 2. The number of aliphatic hydroxyl groups excluding tert-OH is 1. The summed E-state index contributed by atoms with van der Waals surface area (Å²) in [6, 6.07) is 6.02. The lowest BCUT2D eigenvalue weighted by molar-refractivity contribution is 0.0465. The van der Waals surface area contributed by atoms with Gasteiger partial charge in [-0.25, -0.2) is 4.39 Å². The van der Waals surface area contributed by atoms with Crippen LogP contribution in [0.2, 0.25) is 0 Å². The van der Waals surface area contributed by atoms with E-state index in [0.717, 1.165) is 0 Å². The van der Waals surface area contributed by atoms with Crippen LogP contribution in [0.5, 0.6) is 0 Å². The third-order valence-corrected chi connectivity index (χ3v) is 2.08. The molecule has 1 rings (SSSR count). The molecule has 0 aromatic heterocycles. The Bertz CT molecular complexity index is 299. The van der Waals surface area contributed by atoms with Gasteiger partial charge in [0, 0.05) is 13.0 Å². The van der Waals surface area contributed by atoms with E-state index in [9.17, 15) is 9.50 Å². The molecule has 2 nitrogen and oxygen atoms in total.